The average Bonchev–Trinajstić information content (AvgIpc) is 2.46. The highest BCUT2D eigenvalue weighted by molar-refractivity contribution is 7.89. The van der Waals surface area contributed by atoms with Crippen molar-refractivity contribution in [2.24, 2.45) is 0 Å². The average molecular weight is 298 g/mol. The highest BCUT2D eigenvalue weighted by Gasteiger charge is 2.52. The Morgan fingerprint density at radius 1 is 1.20 bits per heavy atom. The van der Waals surface area contributed by atoms with Crippen LogP contribution in [0.4, 0.5) is 0 Å². The lowest BCUT2D eigenvalue weighted by molar-refractivity contribution is 0.00578. The molecule has 0 N–H and O–H groups in total. The molecule has 0 saturated carbocycles. The minimum absolute atomic E-state index is 0.158. The van der Waals surface area contributed by atoms with E-state index in [1.807, 2.05) is 27.7 Å². The molecule has 6 nitrogen and oxygen atoms in total. The second-order valence-electron chi connectivity index (χ2n) is 6.08. The summed E-state index contributed by atoms with van der Waals surface area (Å²) in [5.41, 5.74) is 0.00344. The monoisotopic (exact) mass is 298 g/mol. The first-order chi connectivity index (χ1) is 9.02. The predicted octanol–water partition coefficient (Wildman–Crippen LogP) is 0.320. The molecule has 0 atom stereocenters. The van der Waals surface area contributed by atoms with E-state index in [0.29, 0.717) is 11.2 Å². The molecule has 0 bridgehead atoms. The molecule has 0 radical (unpaired) electrons. The van der Waals surface area contributed by atoms with Gasteiger partial charge in [0, 0.05) is 17.9 Å². The SMILES string of the molecule is CC1(C)OB(c2cncnc2CS(C)(=O)=O)OC1(C)C. The summed E-state index contributed by atoms with van der Waals surface area (Å²) < 4.78 is 34.8. The van der Waals surface area contributed by atoms with Crippen molar-refractivity contribution in [2.45, 2.75) is 44.6 Å². The molecule has 2 heterocycles. The van der Waals surface area contributed by atoms with Crippen LogP contribution in [0.15, 0.2) is 12.5 Å². The van der Waals surface area contributed by atoms with Crippen LogP contribution in [-0.4, -0.2) is 43.0 Å². The van der Waals surface area contributed by atoms with Gasteiger partial charge in [-0.3, -0.25) is 0 Å². The van der Waals surface area contributed by atoms with Gasteiger partial charge in [-0.25, -0.2) is 18.4 Å². The highest BCUT2D eigenvalue weighted by atomic mass is 32.2. The number of nitrogens with zero attached hydrogens (tertiary/aromatic N) is 2. The molecule has 1 aliphatic rings. The lowest BCUT2D eigenvalue weighted by atomic mass is 9.79. The van der Waals surface area contributed by atoms with E-state index in [1.54, 1.807) is 6.20 Å². The molecule has 1 saturated heterocycles. The highest BCUT2D eigenvalue weighted by Crippen LogP contribution is 2.36. The first kappa shape index (κ1) is 15.4. The fraction of sp³-hybridized carbons (Fsp3) is 0.667. The largest absolute Gasteiger partial charge is 0.498 e. The number of rotatable bonds is 3. The molecule has 0 aromatic carbocycles. The quantitative estimate of drug-likeness (QED) is 0.748. The zero-order chi connectivity index (χ0) is 15.2. The Labute approximate surface area is 120 Å². The zero-order valence-electron chi connectivity index (χ0n) is 12.4. The van der Waals surface area contributed by atoms with Crippen molar-refractivity contribution in [3.8, 4) is 0 Å². The molecule has 20 heavy (non-hydrogen) atoms. The van der Waals surface area contributed by atoms with Crippen LogP contribution in [0.3, 0.4) is 0 Å². The van der Waals surface area contributed by atoms with Gasteiger partial charge in [0.2, 0.25) is 0 Å². The molecule has 110 valence electrons. The topological polar surface area (TPSA) is 78.4 Å². The van der Waals surface area contributed by atoms with Crippen LogP contribution in [-0.2, 0) is 24.9 Å². The Morgan fingerprint density at radius 3 is 2.25 bits per heavy atom. The van der Waals surface area contributed by atoms with Gasteiger partial charge in [-0.2, -0.15) is 0 Å². The lowest BCUT2D eigenvalue weighted by Crippen LogP contribution is -2.41. The number of sulfone groups is 1. The molecule has 1 aromatic heterocycles. The lowest BCUT2D eigenvalue weighted by Gasteiger charge is -2.32. The first-order valence-corrected chi connectivity index (χ1v) is 8.40. The van der Waals surface area contributed by atoms with Crippen LogP contribution in [0.2, 0.25) is 0 Å². The normalized spacial score (nSPS) is 21.1. The third-order valence-electron chi connectivity index (χ3n) is 3.73. The second kappa shape index (κ2) is 4.78. The van der Waals surface area contributed by atoms with E-state index < -0.39 is 28.2 Å². The van der Waals surface area contributed by atoms with Crippen LogP contribution in [0.25, 0.3) is 0 Å². The van der Waals surface area contributed by atoms with Crippen molar-refractivity contribution in [1.29, 1.82) is 0 Å². The molecule has 0 unspecified atom stereocenters. The minimum Gasteiger partial charge on any atom is -0.399 e. The van der Waals surface area contributed by atoms with Crippen LogP contribution < -0.4 is 5.46 Å². The van der Waals surface area contributed by atoms with Gasteiger partial charge < -0.3 is 9.31 Å². The molecule has 0 spiro atoms. The van der Waals surface area contributed by atoms with E-state index in [9.17, 15) is 8.42 Å². The standard InChI is InChI=1S/C12H19BN2O4S/c1-11(2)12(3,4)19-13(18-11)9-6-14-8-15-10(9)7-20(5,16)17/h6,8H,7H2,1-5H3. The molecule has 2 rings (SSSR count). The second-order valence-corrected chi connectivity index (χ2v) is 8.22. The van der Waals surface area contributed by atoms with Gasteiger partial charge in [0.1, 0.15) is 6.33 Å². The first-order valence-electron chi connectivity index (χ1n) is 6.34. The molecular weight excluding hydrogens is 279 g/mol. The van der Waals surface area contributed by atoms with Gasteiger partial charge >= 0.3 is 7.12 Å². The number of aromatic nitrogens is 2. The smallest absolute Gasteiger partial charge is 0.399 e. The Bertz CT molecular complexity index is 600. The summed E-state index contributed by atoms with van der Waals surface area (Å²) >= 11 is 0. The Kier molecular flexibility index (Phi) is 3.69. The third-order valence-corrected chi connectivity index (χ3v) is 4.53. The summed E-state index contributed by atoms with van der Waals surface area (Å²) in [7, 11) is -3.84. The summed E-state index contributed by atoms with van der Waals surface area (Å²) in [5.74, 6) is -0.158. The fourth-order valence-corrected chi connectivity index (χ4v) is 2.64. The van der Waals surface area contributed by atoms with Crippen LogP contribution in [0, 0.1) is 0 Å². The fourth-order valence-electron chi connectivity index (χ4n) is 1.90. The molecule has 1 fully saturated rings. The summed E-state index contributed by atoms with van der Waals surface area (Å²) in [6.45, 7) is 7.75. The van der Waals surface area contributed by atoms with Gasteiger partial charge in [-0.1, -0.05) is 0 Å². The van der Waals surface area contributed by atoms with E-state index in [0.717, 1.165) is 0 Å². The molecular formula is C12H19BN2O4S. The van der Waals surface area contributed by atoms with E-state index in [2.05, 4.69) is 9.97 Å². The molecule has 1 aromatic rings. The Hall–Kier alpha value is -0.985. The van der Waals surface area contributed by atoms with Crippen LogP contribution >= 0.6 is 0 Å². The summed E-state index contributed by atoms with van der Waals surface area (Å²) in [4.78, 5) is 8.00. The third kappa shape index (κ3) is 3.02. The van der Waals surface area contributed by atoms with Gasteiger partial charge in [0.05, 0.1) is 22.6 Å². The van der Waals surface area contributed by atoms with Crippen molar-refractivity contribution < 1.29 is 17.7 Å². The number of hydrogen-bond donors (Lipinski definition) is 0. The maximum atomic E-state index is 11.5. The number of hydrogen-bond acceptors (Lipinski definition) is 6. The van der Waals surface area contributed by atoms with Crippen molar-refractivity contribution in [1.82, 2.24) is 9.97 Å². The van der Waals surface area contributed by atoms with E-state index in [4.69, 9.17) is 9.31 Å². The molecule has 0 aliphatic carbocycles. The van der Waals surface area contributed by atoms with E-state index in [1.165, 1.54) is 12.6 Å². The molecule has 1 aliphatic heterocycles. The summed E-state index contributed by atoms with van der Waals surface area (Å²) in [5, 5.41) is 0. The van der Waals surface area contributed by atoms with E-state index >= 15 is 0 Å². The van der Waals surface area contributed by atoms with Crippen LogP contribution in [0.1, 0.15) is 33.4 Å². The van der Waals surface area contributed by atoms with Gasteiger partial charge in [0.25, 0.3) is 0 Å². The predicted molar refractivity (Wildman–Crippen MR) is 76.3 cm³/mol. The Balaban J connectivity index is 2.36. The zero-order valence-corrected chi connectivity index (χ0v) is 13.2. The summed E-state index contributed by atoms with van der Waals surface area (Å²) in [6, 6.07) is 0. The van der Waals surface area contributed by atoms with Crippen LogP contribution in [0.5, 0.6) is 0 Å². The van der Waals surface area contributed by atoms with Crippen molar-refractivity contribution in [2.75, 3.05) is 6.26 Å². The maximum Gasteiger partial charge on any atom is 0.498 e. The van der Waals surface area contributed by atoms with Gasteiger partial charge in [-0.05, 0) is 27.7 Å². The van der Waals surface area contributed by atoms with Crippen molar-refractivity contribution >= 4 is 22.4 Å². The molecule has 8 heteroatoms. The summed E-state index contributed by atoms with van der Waals surface area (Å²) in [6.07, 6.45) is 4.05. The maximum absolute atomic E-state index is 11.5. The van der Waals surface area contributed by atoms with E-state index in [-0.39, 0.29) is 5.75 Å². The molecule has 0 amide bonds. The van der Waals surface area contributed by atoms with Crippen molar-refractivity contribution in [3.63, 3.8) is 0 Å². The minimum atomic E-state index is -3.19. The van der Waals surface area contributed by atoms with Gasteiger partial charge in [0.15, 0.2) is 9.84 Å². The van der Waals surface area contributed by atoms with Crippen molar-refractivity contribution in [3.05, 3.63) is 18.2 Å². The Morgan fingerprint density at radius 2 is 1.75 bits per heavy atom. The van der Waals surface area contributed by atoms with Gasteiger partial charge in [-0.15, -0.1) is 0 Å².